The molecule has 2 N–H and O–H groups in total. The van der Waals surface area contributed by atoms with Crippen molar-refractivity contribution in [2.75, 3.05) is 31.6 Å². The Kier molecular flexibility index (Phi) is 5.87. The Morgan fingerprint density at radius 2 is 1.93 bits per heavy atom. The van der Waals surface area contributed by atoms with Gasteiger partial charge in [-0.2, -0.15) is 0 Å². The molecule has 29 heavy (non-hydrogen) atoms. The molecule has 0 radical (unpaired) electrons. The Hall–Kier alpha value is -2.77. The van der Waals surface area contributed by atoms with Crippen LogP contribution in [0.1, 0.15) is 24.3 Å². The first kappa shape index (κ1) is 19.5. The van der Waals surface area contributed by atoms with Gasteiger partial charge in [-0.15, -0.1) is 0 Å². The van der Waals surface area contributed by atoms with E-state index in [9.17, 15) is 4.39 Å². The van der Waals surface area contributed by atoms with Crippen molar-refractivity contribution in [2.24, 2.45) is 7.05 Å². The van der Waals surface area contributed by atoms with Crippen LogP contribution < -0.4 is 5.32 Å². The summed E-state index contributed by atoms with van der Waals surface area (Å²) >= 11 is 0. The van der Waals surface area contributed by atoms with E-state index in [4.69, 9.17) is 5.11 Å². The van der Waals surface area contributed by atoms with E-state index < -0.39 is 0 Å². The van der Waals surface area contributed by atoms with Crippen LogP contribution in [-0.2, 0) is 7.05 Å². The van der Waals surface area contributed by atoms with E-state index in [1.54, 1.807) is 12.1 Å². The number of hydrogen-bond acceptors (Lipinski definition) is 5. The van der Waals surface area contributed by atoms with Crippen LogP contribution in [0.4, 0.5) is 16.2 Å². The lowest BCUT2D eigenvalue weighted by atomic mass is 9.90. The maximum atomic E-state index is 13.2. The van der Waals surface area contributed by atoms with E-state index in [0.29, 0.717) is 11.9 Å². The first-order valence-corrected chi connectivity index (χ1v) is 9.98. The number of aryl methyl sites for hydroxylation is 1. The molecule has 0 saturated carbocycles. The summed E-state index contributed by atoms with van der Waals surface area (Å²) in [7, 11) is 1.92. The van der Waals surface area contributed by atoms with Gasteiger partial charge in [0.15, 0.2) is 0 Å². The molecule has 0 aliphatic carbocycles. The molecule has 3 aromatic rings. The van der Waals surface area contributed by atoms with Crippen molar-refractivity contribution in [3.8, 4) is 11.3 Å². The maximum absolute atomic E-state index is 13.2. The number of benzene rings is 1. The minimum absolute atomic E-state index is 0.220. The molecule has 1 aromatic carbocycles. The molecule has 1 fully saturated rings. The molecule has 152 valence electrons. The number of imidazole rings is 1. The summed E-state index contributed by atoms with van der Waals surface area (Å²) in [5, 5.41) is 12.4. The highest BCUT2D eigenvalue weighted by molar-refractivity contribution is 5.62. The van der Waals surface area contributed by atoms with E-state index >= 15 is 0 Å². The Morgan fingerprint density at radius 1 is 1.17 bits per heavy atom. The third-order valence-electron chi connectivity index (χ3n) is 5.52. The Labute approximate surface area is 170 Å². The van der Waals surface area contributed by atoms with Crippen molar-refractivity contribution < 1.29 is 9.50 Å². The Balaban J connectivity index is 1.46. The Bertz CT molecular complexity index is 948. The molecule has 0 atom stereocenters. The Morgan fingerprint density at radius 3 is 2.66 bits per heavy atom. The quantitative estimate of drug-likeness (QED) is 0.668. The van der Waals surface area contributed by atoms with Crippen LogP contribution in [0.3, 0.4) is 0 Å². The molecule has 2 aromatic heterocycles. The second-order valence-electron chi connectivity index (χ2n) is 7.51. The molecule has 0 bridgehead atoms. The van der Waals surface area contributed by atoms with Gasteiger partial charge in [0.25, 0.3) is 0 Å². The highest BCUT2D eigenvalue weighted by Gasteiger charge is 2.20. The van der Waals surface area contributed by atoms with Crippen LogP contribution in [0, 0.1) is 5.82 Å². The molecule has 7 heteroatoms. The lowest BCUT2D eigenvalue weighted by molar-refractivity contribution is 0.164. The second-order valence-corrected chi connectivity index (χ2v) is 7.51. The number of aliphatic hydroxyl groups is 1. The third kappa shape index (κ3) is 4.63. The van der Waals surface area contributed by atoms with Crippen molar-refractivity contribution in [2.45, 2.75) is 18.8 Å². The van der Waals surface area contributed by atoms with Gasteiger partial charge in [-0.1, -0.05) is 0 Å². The first-order chi connectivity index (χ1) is 14.1. The molecule has 1 aliphatic rings. The first-order valence-electron chi connectivity index (χ1n) is 9.98. The molecule has 6 nitrogen and oxygen atoms in total. The number of nitrogens with zero attached hydrogens (tertiary/aromatic N) is 4. The highest BCUT2D eigenvalue weighted by atomic mass is 19.1. The molecule has 0 unspecified atom stereocenters. The predicted octanol–water partition coefficient (Wildman–Crippen LogP) is 3.54. The minimum atomic E-state index is -0.258. The number of likely N-dealkylation sites (tertiary alicyclic amines) is 1. The van der Waals surface area contributed by atoms with Gasteiger partial charge in [-0.05, 0) is 73.8 Å². The molecule has 1 saturated heterocycles. The number of nitrogens with one attached hydrogen (secondary N) is 1. The maximum Gasteiger partial charge on any atom is 0.208 e. The molecule has 4 rings (SSSR count). The zero-order valence-corrected chi connectivity index (χ0v) is 16.6. The SMILES string of the molecule is Cn1cc(-c2ccc(F)cc2)nc1Nc1cc(C2CCN(CCO)CC2)ccn1. The van der Waals surface area contributed by atoms with Crippen LogP contribution in [0.25, 0.3) is 11.3 Å². The normalized spacial score (nSPS) is 15.6. The highest BCUT2D eigenvalue weighted by Crippen LogP contribution is 2.29. The topological polar surface area (TPSA) is 66.2 Å². The molecule has 0 amide bonds. The number of piperidine rings is 1. The third-order valence-corrected chi connectivity index (χ3v) is 5.52. The summed E-state index contributed by atoms with van der Waals surface area (Å²) in [6.45, 7) is 3.00. The van der Waals surface area contributed by atoms with Crippen molar-refractivity contribution in [1.82, 2.24) is 19.4 Å². The largest absolute Gasteiger partial charge is 0.395 e. The van der Waals surface area contributed by atoms with Gasteiger partial charge in [-0.3, -0.25) is 0 Å². The second kappa shape index (κ2) is 8.71. The van der Waals surface area contributed by atoms with Gasteiger partial charge in [0.1, 0.15) is 11.6 Å². The average molecular weight is 395 g/mol. The van der Waals surface area contributed by atoms with Crippen LogP contribution >= 0.6 is 0 Å². The van der Waals surface area contributed by atoms with E-state index in [-0.39, 0.29) is 12.4 Å². The van der Waals surface area contributed by atoms with Crippen molar-refractivity contribution in [1.29, 1.82) is 0 Å². The fourth-order valence-electron chi connectivity index (χ4n) is 3.86. The number of rotatable bonds is 6. The van der Waals surface area contributed by atoms with E-state index in [1.807, 2.05) is 24.0 Å². The van der Waals surface area contributed by atoms with Gasteiger partial charge in [0.05, 0.1) is 12.3 Å². The predicted molar refractivity (Wildman–Crippen MR) is 112 cm³/mol. The number of aliphatic hydroxyl groups excluding tert-OH is 1. The zero-order valence-electron chi connectivity index (χ0n) is 16.6. The molecule has 0 spiro atoms. The van der Waals surface area contributed by atoms with Gasteiger partial charge in [-0.25, -0.2) is 14.4 Å². The van der Waals surface area contributed by atoms with Crippen LogP contribution in [0.2, 0.25) is 0 Å². The van der Waals surface area contributed by atoms with Gasteiger partial charge < -0.3 is 19.9 Å². The van der Waals surface area contributed by atoms with Crippen LogP contribution in [0.15, 0.2) is 48.8 Å². The van der Waals surface area contributed by atoms with Gasteiger partial charge >= 0.3 is 0 Å². The van der Waals surface area contributed by atoms with Crippen molar-refractivity contribution >= 4 is 11.8 Å². The summed E-state index contributed by atoms with van der Waals surface area (Å²) in [5.41, 5.74) is 2.92. The zero-order chi connectivity index (χ0) is 20.2. The number of anilines is 2. The number of hydrogen-bond donors (Lipinski definition) is 2. The molecular formula is C22H26FN5O. The summed E-state index contributed by atoms with van der Waals surface area (Å²) < 4.78 is 15.1. The number of halogens is 1. The summed E-state index contributed by atoms with van der Waals surface area (Å²) in [5.74, 6) is 1.70. The standard InChI is InChI=1S/C22H26FN5O/c1-27-15-20(17-2-4-19(23)5-3-17)25-22(27)26-21-14-18(6-9-24-21)16-7-10-28(11-8-16)12-13-29/h2-6,9,14-16,29H,7-8,10-13H2,1H3,(H,24,25,26). The summed E-state index contributed by atoms with van der Waals surface area (Å²) in [4.78, 5) is 11.4. The van der Waals surface area contributed by atoms with Gasteiger partial charge in [0.2, 0.25) is 5.95 Å². The monoisotopic (exact) mass is 395 g/mol. The van der Waals surface area contributed by atoms with E-state index in [0.717, 1.165) is 49.6 Å². The van der Waals surface area contributed by atoms with Crippen molar-refractivity contribution in [3.05, 3.63) is 60.2 Å². The van der Waals surface area contributed by atoms with E-state index in [1.165, 1.54) is 17.7 Å². The lowest BCUT2D eigenvalue weighted by Gasteiger charge is -2.31. The molecular weight excluding hydrogens is 369 g/mol. The van der Waals surface area contributed by atoms with Crippen LogP contribution in [-0.4, -0.2) is 50.8 Å². The fourth-order valence-corrected chi connectivity index (χ4v) is 3.86. The smallest absolute Gasteiger partial charge is 0.208 e. The minimum Gasteiger partial charge on any atom is -0.395 e. The van der Waals surface area contributed by atoms with E-state index in [2.05, 4.69) is 32.3 Å². The fraction of sp³-hybridized carbons (Fsp3) is 0.364. The van der Waals surface area contributed by atoms with Gasteiger partial charge in [0, 0.05) is 31.5 Å². The number of pyridine rings is 1. The number of aromatic nitrogens is 3. The summed E-state index contributed by atoms with van der Waals surface area (Å²) in [6.07, 6.45) is 5.92. The summed E-state index contributed by atoms with van der Waals surface area (Å²) in [6, 6.07) is 10.5. The number of β-amino-alcohol motifs (C(OH)–C–C–N with tert-alkyl or cyclic N) is 1. The lowest BCUT2D eigenvalue weighted by Crippen LogP contribution is -2.34. The molecule has 1 aliphatic heterocycles. The van der Waals surface area contributed by atoms with Crippen LogP contribution in [0.5, 0.6) is 0 Å². The van der Waals surface area contributed by atoms with Crippen molar-refractivity contribution in [3.63, 3.8) is 0 Å². The average Bonchev–Trinajstić information content (AvgIpc) is 3.10. The molecule has 3 heterocycles.